The van der Waals surface area contributed by atoms with Crippen LogP contribution in [0.3, 0.4) is 0 Å². The van der Waals surface area contributed by atoms with Crippen molar-refractivity contribution in [2.45, 2.75) is 19.9 Å². The van der Waals surface area contributed by atoms with E-state index in [0.717, 1.165) is 31.0 Å². The molecular formula is C20H26IN3O3. The minimum Gasteiger partial charge on any atom is -0.502 e. The number of hydrogen-bond acceptors (Lipinski definition) is 4. The standard InChI is InChI=1S/C20H25N3O3.HI/c1-4-21-20(23-10-9-15-7-5-6-8-16(15)23)22-13-14-11-17(25-2)19(24)18(12-14)26-3;/h5-8,11-12,24H,4,9-10,13H2,1-3H3,(H,21,22);1H. The molecule has 2 aromatic carbocycles. The number of benzene rings is 2. The average molecular weight is 483 g/mol. The van der Waals surface area contributed by atoms with E-state index in [1.807, 2.05) is 0 Å². The predicted molar refractivity (Wildman–Crippen MR) is 119 cm³/mol. The SMILES string of the molecule is CCNC(=NCc1cc(OC)c(O)c(OC)c1)N1CCc2ccccc21.I. The molecule has 146 valence electrons. The highest BCUT2D eigenvalue weighted by molar-refractivity contribution is 14.0. The van der Waals surface area contributed by atoms with Gasteiger partial charge in [0.15, 0.2) is 17.5 Å². The van der Waals surface area contributed by atoms with E-state index in [1.165, 1.54) is 25.5 Å². The fourth-order valence-electron chi connectivity index (χ4n) is 3.16. The normalized spacial score (nSPS) is 13.0. The monoisotopic (exact) mass is 483 g/mol. The van der Waals surface area contributed by atoms with Crippen LogP contribution in [0.4, 0.5) is 5.69 Å². The van der Waals surface area contributed by atoms with Crippen molar-refractivity contribution in [3.63, 3.8) is 0 Å². The summed E-state index contributed by atoms with van der Waals surface area (Å²) in [6, 6.07) is 12.0. The summed E-state index contributed by atoms with van der Waals surface area (Å²) in [4.78, 5) is 7.00. The Morgan fingerprint density at radius 1 is 1.19 bits per heavy atom. The van der Waals surface area contributed by atoms with Crippen LogP contribution in [0.25, 0.3) is 0 Å². The summed E-state index contributed by atoms with van der Waals surface area (Å²) < 4.78 is 10.4. The maximum atomic E-state index is 10.1. The van der Waals surface area contributed by atoms with Crippen LogP contribution in [-0.2, 0) is 13.0 Å². The van der Waals surface area contributed by atoms with Crippen LogP contribution in [0.15, 0.2) is 41.4 Å². The zero-order valence-electron chi connectivity index (χ0n) is 15.9. The number of rotatable bonds is 5. The molecule has 3 rings (SSSR count). The molecular weight excluding hydrogens is 457 g/mol. The van der Waals surface area contributed by atoms with E-state index >= 15 is 0 Å². The lowest BCUT2D eigenvalue weighted by Gasteiger charge is -2.22. The molecule has 0 fully saturated rings. The lowest BCUT2D eigenvalue weighted by atomic mass is 10.2. The summed E-state index contributed by atoms with van der Waals surface area (Å²) in [6.07, 6.45) is 1.02. The second-order valence-electron chi connectivity index (χ2n) is 6.05. The number of nitrogens with zero attached hydrogens (tertiary/aromatic N) is 2. The van der Waals surface area contributed by atoms with E-state index in [2.05, 4.69) is 41.4 Å². The van der Waals surface area contributed by atoms with Crippen molar-refractivity contribution in [1.29, 1.82) is 0 Å². The number of aliphatic imine (C=N–C) groups is 1. The Labute approximate surface area is 177 Å². The highest BCUT2D eigenvalue weighted by Crippen LogP contribution is 2.37. The van der Waals surface area contributed by atoms with Crippen molar-refractivity contribution in [3.05, 3.63) is 47.5 Å². The number of fused-ring (bicyclic) bond motifs is 1. The van der Waals surface area contributed by atoms with Gasteiger partial charge >= 0.3 is 0 Å². The Morgan fingerprint density at radius 3 is 2.48 bits per heavy atom. The summed E-state index contributed by atoms with van der Waals surface area (Å²) >= 11 is 0. The number of methoxy groups -OCH3 is 2. The van der Waals surface area contributed by atoms with Gasteiger partial charge in [0.05, 0.1) is 20.8 Å². The molecule has 7 heteroatoms. The number of anilines is 1. The van der Waals surface area contributed by atoms with Crippen LogP contribution in [0, 0.1) is 0 Å². The Kier molecular flexibility index (Phi) is 7.58. The van der Waals surface area contributed by atoms with Gasteiger partial charge in [-0.1, -0.05) is 18.2 Å². The first-order chi connectivity index (χ1) is 12.7. The third-order valence-corrected chi connectivity index (χ3v) is 4.43. The van der Waals surface area contributed by atoms with E-state index < -0.39 is 0 Å². The first-order valence-corrected chi connectivity index (χ1v) is 8.75. The molecule has 6 nitrogen and oxygen atoms in total. The highest BCUT2D eigenvalue weighted by Gasteiger charge is 2.22. The molecule has 0 spiro atoms. The topological polar surface area (TPSA) is 66.3 Å². The largest absolute Gasteiger partial charge is 0.502 e. The van der Waals surface area contributed by atoms with Gasteiger partial charge in [-0.05, 0) is 42.7 Å². The first-order valence-electron chi connectivity index (χ1n) is 8.75. The van der Waals surface area contributed by atoms with Crippen LogP contribution in [-0.4, -0.2) is 38.4 Å². The number of nitrogens with one attached hydrogen (secondary N) is 1. The van der Waals surface area contributed by atoms with Crippen LogP contribution in [0.5, 0.6) is 17.2 Å². The molecule has 0 atom stereocenters. The summed E-state index contributed by atoms with van der Waals surface area (Å²) in [7, 11) is 3.04. The molecule has 1 heterocycles. The second-order valence-corrected chi connectivity index (χ2v) is 6.05. The van der Waals surface area contributed by atoms with Crippen molar-refractivity contribution in [2.75, 3.05) is 32.2 Å². The molecule has 2 N–H and O–H groups in total. The van der Waals surface area contributed by atoms with E-state index in [1.54, 1.807) is 12.1 Å². The summed E-state index contributed by atoms with van der Waals surface area (Å²) in [5.41, 5.74) is 3.44. The third-order valence-electron chi connectivity index (χ3n) is 4.43. The molecule has 27 heavy (non-hydrogen) atoms. The number of guanidine groups is 1. The van der Waals surface area contributed by atoms with E-state index in [0.29, 0.717) is 18.0 Å². The molecule has 2 aromatic rings. The smallest absolute Gasteiger partial charge is 0.200 e. The van der Waals surface area contributed by atoms with Gasteiger partial charge in [-0.15, -0.1) is 24.0 Å². The number of ether oxygens (including phenoxy) is 2. The van der Waals surface area contributed by atoms with Crippen LogP contribution in [0.2, 0.25) is 0 Å². The Hall–Kier alpha value is -2.16. The lowest BCUT2D eigenvalue weighted by molar-refractivity contribution is 0.339. The molecule has 0 amide bonds. The summed E-state index contributed by atoms with van der Waals surface area (Å²) in [5, 5.41) is 13.4. The van der Waals surface area contributed by atoms with E-state index in [9.17, 15) is 5.11 Å². The molecule has 0 bridgehead atoms. The average Bonchev–Trinajstić information content (AvgIpc) is 3.10. The molecule has 0 aliphatic carbocycles. The Bertz CT molecular complexity index is 786. The van der Waals surface area contributed by atoms with Gasteiger partial charge in [0, 0.05) is 18.8 Å². The lowest BCUT2D eigenvalue weighted by Crippen LogP contribution is -2.40. The number of para-hydroxylation sites is 1. The number of halogens is 1. The quantitative estimate of drug-likeness (QED) is 0.387. The predicted octanol–water partition coefficient (Wildman–Crippen LogP) is 3.56. The zero-order chi connectivity index (χ0) is 18.5. The third kappa shape index (κ3) is 4.58. The minimum absolute atomic E-state index is 0. The Morgan fingerprint density at radius 2 is 1.85 bits per heavy atom. The number of aromatic hydroxyl groups is 1. The molecule has 0 unspecified atom stereocenters. The van der Waals surface area contributed by atoms with E-state index in [4.69, 9.17) is 14.5 Å². The molecule has 0 saturated heterocycles. The van der Waals surface area contributed by atoms with Gasteiger partial charge in [0.25, 0.3) is 0 Å². The molecule has 1 aliphatic rings. The molecule has 0 radical (unpaired) electrons. The van der Waals surface area contributed by atoms with Crippen molar-refractivity contribution in [2.24, 2.45) is 4.99 Å². The van der Waals surface area contributed by atoms with Crippen LogP contribution >= 0.6 is 24.0 Å². The zero-order valence-corrected chi connectivity index (χ0v) is 18.2. The van der Waals surface area contributed by atoms with Gasteiger partial charge in [-0.25, -0.2) is 4.99 Å². The van der Waals surface area contributed by atoms with Gasteiger partial charge in [-0.2, -0.15) is 0 Å². The maximum absolute atomic E-state index is 10.1. The number of phenols is 1. The van der Waals surface area contributed by atoms with E-state index in [-0.39, 0.29) is 29.7 Å². The van der Waals surface area contributed by atoms with Crippen molar-refractivity contribution >= 4 is 35.6 Å². The van der Waals surface area contributed by atoms with Crippen LogP contribution in [0.1, 0.15) is 18.1 Å². The molecule has 1 aliphatic heterocycles. The van der Waals surface area contributed by atoms with Gasteiger partial charge in [0.1, 0.15) is 0 Å². The first kappa shape index (κ1) is 21.1. The number of hydrogen-bond donors (Lipinski definition) is 2. The molecule has 0 saturated carbocycles. The Balaban J connectivity index is 0.00000261. The minimum atomic E-state index is 0. The summed E-state index contributed by atoms with van der Waals surface area (Å²) in [5.74, 6) is 1.61. The fourth-order valence-corrected chi connectivity index (χ4v) is 3.16. The second kappa shape index (κ2) is 9.68. The molecule has 0 aromatic heterocycles. The van der Waals surface area contributed by atoms with Gasteiger partial charge in [-0.3, -0.25) is 0 Å². The summed E-state index contributed by atoms with van der Waals surface area (Å²) in [6.45, 7) is 4.21. The maximum Gasteiger partial charge on any atom is 0.200 e. The number of phenolic OH excluding ortho intramolecular Hbond substituents is 1. The van der Waals surface area contributed by atoms with Gasteiger partial charge in [0.2, 0.25) is 5.75 Å². The van der Waals surface area contributed by atoms with Crippen molar-refractivity contribution in [3.8, 4) is 17.2 Å². The van der Waals surface area contributed by atoms with Crippen molar-refractivity contribution < 1.29 is 14.6 Å². The van der Waals surface area contributed by atoms with Crippen LogP contribution < -0.4 is 19.7 Å². The van der Waals surface area contributed by atoms with Crippen molar-refractivity contribution in [1.82, 2.24) is 5.32 Å². The van der Waals surface area contributed by atoms with Gasteiger partial charge < -0.3 is 24.8 Å². The highest BCUT2D eigenvalue weighted by atomic mass is 127. The fraction of sp³-hybridized carbons (Fsp3) is 0.350.